The molecule has 22 heavy (non-hydrogen) atoms. The van der Waals surface area contributed by atoms with Gasteiger partial charge in [0.2, 0.25) is 0 Å². The first-order valence-corrected chi connectivity index (χ1v) is 7.28. The molecule has 0 atom stereocenters. The Balaban J connectivity index is 2.20. The number of methoxy groups -OCH3 is 1. The van der Waals surface area contributed by atoms with Gasteiger partial charge in [0.05, 0.1) is 24.9 Å². The van der Waals surface area contributed by atoms with E-state index in [1.54, 1.807) is 13.3 Å². The van der Waals surface area contributed by atoms with Gasteiger partial charge < -0.3 is 10.1 Å². The van der Waals surface area contributed by atoms with Crippen LogP contribution in [0, 0.1) is 0 Å². The fourth-order valence-electron chi connectivity index (χ4n) is 2.12. The van der Waals surface area contributed by atoms with Crippen molar-refractivity contribution in [2.75, 3.05) is 7.11 Å². The zero-order chi connectivity index (χ0) is 16.2. The van der Waals surface area contributed by atoms with Crippen molar-refractivity contribution in [3.05, 3.63) is 59.4 Å². The smallest absolute Gasteiger partial charge is 0.255 e. The van der Waals surface area contributed by atoms with Gasteiger partial charge in [-0.3, -0.25) is 9.78 Å². The van der Waals surface area contributed by atoms with E-state index < -0.39 is 0 Å². The number of carbonyl (C=O) groups excluding carboxylic acids is 1. The minimum absolute atomic E-state index is 0.0255. The van der Waals surface area contributed by atoms with Crippen LogP contribution in [0.2, 0.25) is 0 Å². The van der Waals surface area contributed by atoms with Crippen molar-refractivity contribution < 1.29 is 9.53 Å². The van der Waals surface area contributed by atoms with Gasteiger partial charge >= 0.3 is 0 Å². The molecule has 0 bridgehead atoms. The molecule has 0 aliphatic rings. The normalized spacial score (nSPS) is 11.1. The number of aromatic nitrogens is 1. The van der Waals surface area contributed by atoms with Crippen molar-refractivity contribution in [2.45, 2.75) is 32.7 Å². The molecule has 0 aliphatic heterocycles. The van der Waals surface area contributed by atoms with Crippen molar-refractivity contribution in [3.63, 3.8) is 0 Å². The maximum atomic E-state index is 12.5. The number of carbonyl (C=O) groups is 1. The van der Waals surface area contributed by atoms with E-state index in [4.69, 9.17) is 4.74 Å². The second kappa shape index (κ2) is 6.60. The third-order valence-electron chi connectivity index (χ3n) is 3.47. The number of nitrogens with one attached hydrogen (secondary N) is 1. The molecule has 116 valence electrons. The Bertz CT molecular complexity index is 646. The number of ether oxygens (including phenoxy) is 1. The van der Waals surface area contributed by atoms with Crippen molar-refractivity contribution in [3.8, 4) is 5.75 Å². The molecule has 1 heterocycles. The highest BCUT2D eigenvalue weighted by Gasteiger charge is 2.19. The molecule has 4 nitrogen and oxygen atoms in total. The van der Waals surface area contributed by atoms with E-state index in [1.807, 2.05) is 36.4 Å². The Morgan fingerprint density at radius 3 is 2.59 bits per heavy atom. The van der Waals surface area contributed by atoms with Gasteiger partial charge in [0.1, 0.15) is 5.75 Å². The Morgan fingerprint density at radius 1 is 1.23 bits per heavy atom. The predicted octanol–water partition coefficient (Wildman–Crippen LogP) is 3.32. The lowest BCUT2D eigenvalue weighted by molar-refractivity contribution is 0.0947. The molecular formula is C18H22N2O2. The lowest BCUT2D eigenvalue weighted by atomic mass is 9.86. The summed E-state index contributed by atoms with van der Waals surface area (Å²) in [4.78, 5) is 16.7. The molecular weight excluding hydrogens is 276 g/mol. The van der Waals surface area contributed by atoms with Crippen molar-refractivity contribution in [1.29, 1.82) is 0 Å². The van der Waals surface area contributed by atoms with Crippen LogP contribution in [0.4, 0.5) is 0 Å². The number of benzene rings is 1. The summed E-state index contributed by atoms with van der Waals surface area (Å²) in [6, 6.07) is 11.4. The van der Waals surface area contributed by atoms with Gasteiger partial charge in [0.25, 0.3) is 5.91 Å². The zero-order valence-electron chi connectivity index (χ0n) is 13.5. The van der Waals surface area contributed by atoms with E-state index in [2.05, 4.69) is 31.1 Å². The molecule has 2 aromatic rings. The molecule has 0 unspecified atom stereocenters. The van der Waals surface area contributed by atoms with Crippen LogP contribution in [0.25, 0.3) is 0 Å². The van der Waals surface area contributed by atoms with Gasteiger partial charge in [-0.1, -0.05) is 32.9 Å². The van der Waals surface area contributed by atoms with Crippen LogP contribution in [0.5, 0.6) is 5.75 Å². The Labute approximate surface area is 131 Å². The largest absolute Gasteiger partial charge is 0.496 e. The van der Waals surface area contributed by atoms with Crippen molar-refractivity contribution in [2.24, 2.45) is 0 Å². The van der Waals surface area contributed by atoms with Crippen LogP contribution in [0.15, 0.2) is 42.6 Å². The SMILES string of the molecule is COc1ccc(C(C)(C)C)cc1C(=O)NCc1ccccn1. The van der Waals surface area contributed by atoms with Crippen molar-refractivity contribution >= 4 is 5.91 Å². The fraction of sp³-hybridized carbons (Fsp3) is 0.333. The summed E-state index contributed by atoms with van der Waals surface area (Å²) in [6.07, 6.45) is 1.71. The first-order valence-electron chi connectivity index (χ1n) is 7.28. The third kappa shape index (κ3) is 3.85. The van der Waals surface area contributed by atoms with E-state index >= 15 is 0 Å². The van der Waals surface area contributed by atoms with Gasteiger partial charge in [-0.2, -0.15) is 0 Å². The highest BCUT2D eigenvalue weighted by molar-refractivity contribution is 5.97. The number of hydrogen-bond acceptors (Lipinski definition) is 3. The quantitative estimate of drug-likeness (QED) is 0.942. The number of nitrogens with zero attached hydrogens (tertiary/aromatic N) is 1. The second-order valence-electron chi connectivity index (χ2n) is 6.17. The Morgan fingerprint density at radius 2 is 2.00 bits per heavy atom. The van der Waals surface area contributed by atoms with Gasteiger partial charge in [-0.25, -0.2) is 0 Å². The molecule has 1 amide bonds. The maximum Gasteiger partial charge on any atom is 0.255 e. The van der Waals surface area contributed by atoms with Crippen LogP contribution in [-0.2, 0) is 12.0 Å². The van der Waals surface area contributed by atoms with Crippen LogP contribution in [0.3, 0.4) is 0 Å². The summed E-state index contributed by atoms with van der Waals surface area (Å²) >= 11 is 0. The van der Waals surface area contributed by atoms with E-state index in [0.717, 1.165) is 11.3 Å². The molecule has 2 rings (SSSR count). The minimum atomic E-state index is -0.159. The zero-order valence-corrected chi connectivity index (χ0v) is 13.5. The summed E-state index contributed by atoms with van der Waals surface area (Å²) < 4.78 is 5.31. The van der Waals surface area contributed by atoms with Gasteiger partial charge in [-0.05, 0) is 35.2 Å². The highest BCUT2D eigenvalue weighted by Crippen LogP contribution is 2.27. The first-order chi connectivity index (χ1) is 10.4. The predicted molar refractivity (Wildman–Crippen MR) is 87.1 cm³/mol. The summed E-state index contributed by atoms with van der Waals surface area (Å²) in [7, 11) is 1.57. The molecule has 4 heteroatoms. The van der Waals surface area contributed by atoms with E-state index in [1.165, 1.54) is 0 Å². The van der Waals surface area contributed by atoms with Crippen LogP contribution >= 0.6 is 0 Å². The molecule has 1 aromatic heterocycles. The number of pyridine rings is 1. The van der Waals surface area contributed by atoms with Gasteiger partial charge in [0, 0.05) is 6.20 Å². The monoisotopic (exact) mass is 298 g/mol. The summed E-state index contributed by atoms with van der Waals surface area (Å²) in [5.74, 6) is 0.417. The fourth-order valence-corrected chi connectivity index (χ4v) is 2.12. The standard InChI is InChI=1S/C18H22N2O2/c1-18(2,3)13-8-9-16(22-4)15(11-13)17(21)20-12-14-7-5-6-10-19-14/h5-11H,12H2,1-4H3,(H,20,21). The third-order valence-corrected chi connectivity index (χ3v) is 3.47. The van der Waals surface area contributed by atoms with Crippen LogP contribution < -0.4 is 10.1 Å². The Kier molecular flexibility index (Phi) is 4.81. The molecule has 1 aromatic carbocycles. The molecule has 0 spiro atoms. The molecule has 0 radical (unpaired) electrons. The molecule has 0 aliphatic carbocycles. The second-order valence-corrected chi connectivity index (χ2v) is 6.17. The topological polar surface area (TPSA) is 51.2 Å². The lowest BCUT2D eigenvalue weighted by Crippen LogP contribution is -2.24. The summed E-state index contributed by atoms with van der Waals surface area (Å²) in [6.45, 7) is 6.74. The minimum Gasteiger partial charge on any atom is -0.496 e. The first kappa shape index (κ1) is 16.0. The molecule has 0 saturated heterocycles. The maximum absolute atomic E-state index is 12.5. The molecule has 0 fully saturated rings. The summed E-state index contributed by atoms with van der Waals surface area (Å²) in [5.41, 5.74) is 2.44. The van der Waals surface area contributed by atoms with Gasteiger partial charge in [0.15, 0.2) is 0 Å². The number of rotatable bonds is 4. The average molecular weight is 298 g/mol. The van der Waals surface area contributed by atoms with Crippen molar-refractivity contribution in [1.82, 2.24) is 10.3 Å². The van der Waals surface area contributed by atoms with E-state index in [9.17, 15) is 4.79 Å². The van der Waals surface area contributed by atoms with Crippen LogP contribution in [0.1, 0.15) is 42.4 Å². The Hall–Kier alpha value is -2.36. The number of amides is 1. The van der Waals surface area contributed by atoms with E-state index in [-0.39, 0.29) is 11.3 Å². The van der Waals surface area contributed by atoms with Gasteiger partial charge in [-0.15, -0.1) is 0 Å². The molecule has 0 saturated carbocycles. The summed E-state index contributed by atoms with van der Waals surface area (Å²) in [5, 5.41) is 2.89. The number of hydrogen-bond donors (Lipinski definition) is 1. The lowest BCUT2D eigenvalue weighted by Gasteiger charge is -2.20. The van der Waals surface area contributed by atoms with Crippen LogP contribution in [-0.4, -0.2) is 18.0 Å². The van der Waals surface area contributed by atoms with E-state index in [0.29, 0.717) is 17.9 Å². The molecule has 1 N–H and O–H groups in total. The highest BCUT2D eigenvalue weighted by atomic mass is 16.5. The average Bonchev–Trinajstić information content (AvgIpc) is 2.52.